The number of amides is 1. The fraction of sp³-hybridized carbons (Fsp3) is 0.385. The topological polar surface area (TPSA) is 57.6 Å². The highest BCUT2D eigenvalue weighted by molar-refractivity contribution is 6.36. The highest BCUT2D eigenvalue weighted by atomic mass is 35.5. The minimum atomic E-state index is -0.855. The molecule has 6 heteroatoms. The summed E-state index contributed by atoms with van der Waals surface area (Å²) in [5.41, 5.74) is 0.592. The van der Waals surface area contributed by atoms with E-state index >= 15 is 0 Å². The number of carboxylic acids is 1. The number of likely N-dealkylation sites (tertiary alicyclic amines) is 1. The van der Waals surface area contributed by atoms with Gasteiger partial charge in [-0.05, 0) is 24.1 Å². The van der Waals surface area contributed by atoms with Gasteiger partial charge in [0.25, 0.3) is 0 Å². The SMILES string of the molecule is O=C(O)[C@H]1CCN(C(=O)Cc2c(Cl)cccc2Cl)C1. The summed E-state index contributed by atoms with van der Waals surface area (Å²) in [5.74, 6) is -1.46. The van der Waals surface area contributed by atoms with Crippen molar-refractivity contribution in [3.8, 4) is 0 Å². The Morgan fingerprint density at radius 3 is 2.47 bits per heavy atom. The molecule has 1 fully saturated rings. The number of benzene rings is 1. The number of carbonyl (C=O) groups is 2. The number of rotatable bonds is 3. The standard InChI is InChI=1S/C13H13Cl2NO3/c14-10-2-1-3-11(15)9(10)6-12(17)16-5-4-8(7-16)13(18)19/h1-3,8H,4-7H2,(H,18,19)/t8-/m0/s1. The molecule has 0 aliphatic carbocycles. The van der Waals surface area contributed by atoms with Crippen molar-refractivity contribution in [1.82, 2.24) is 4.90 Å². The number of carbonyl (C=O) groups excluding carboxylic acids is 1. The van der Waals surface area contributed by atoms with E-state index in [2.05, 4.69) is 0 Å². The van der Waals surface area contributed by atoms with E-state index in [0.717, 1.165) is 0 Å². The molecule has 1 amide bonds. The van der Waals surface area contributed by atoms with Gasteiger partial charge in [0, 0.05) is 23.1 Å². The van der Waals surface area contributed by atoms with Gasteiger partial charge in [0.2, 0.25) is 5.91 Å². The van der Waals surface area contributed by atoms with Crippen molar-refractivity contribution in [2.75, 3.05) is 13.1 Å². The maximum atomic E-state index is 12.1. The first-order valence-electron chi connectivity index (χ1n) is 5.92. The minimum absolute atomic E-state index is 0.102. The molecule has 0 spiro atoms. The highest BCUT2D eigenvalue weighted by Gasteiger charge is 2.31. The molecule has 1 saturated heterocycles. The largest absolute Gasteiger partial charge is 0.481 e. The second kappa shape index (κ2) is 5.80. The lowest BCUT2D eigenvalue weighted by Gasteiger charge is -2.16. The molecule has 1 aliphatic heterocycles. The average Bonchev–Trinajstić information content (AvgIpc) is 2.83. The molecule has 102 valence electrons. The lowest BCUT2D eigenvalue weighted by atomic mass is 10.1. The minimum Gasteiger partial charge on any atom is -0.481 e. The van der Waals surface area contributed by atoms with Gasteiger partial charge < -0.3 is 10.0 Å². The van der Waals surface area contributed by atoms with E-state index in [1.54, 1.807) is 23.1 Å². The quantitative estimate of drug-likeness (QED) is 0.933. The third kappa shape index (κ3) is 3.19. The molecular weight excluding hydrogens is 289 g/mol. The molecule has 1 aliphatic rings. The Hall–Kier alpha value is -1.26. The number of hydrogen-bond donors (Lipinski definition) is 1. The van der Waals surface area contributed by atoms with Gasteiger partial charge in [0.15, 0.2) is 0 Å². The van der Waals surface area contributed by atoms with E-state index in [4.69, 9.17) is 28.3 Å². The molecule has 2 rings (SSSR count). The number of hydrogen-bond acceptors (Lipinski definition) is 2. The molecule has 4 nitrogen and oxygen atoms in total. The fourth-order valence-corrected chi connectivity index (χ4v) is 2.68. The summed E-state index contributed by atoms with van der Waals surface area (Å²) in [7, 11) is 0. The maximum Gasteiger partial charge on any atom is 0.308 e. The lowest BCUT2D eigenvalue weighted by Crippen LogP contribution is -2.31. The Bertz CT molecular complexity index is 498. The van der Waals surface area contributed by atoms with Crippen LogP contribution in [-0.4, -0.2) is 35.0 Å². The summed E-state index contributed by atoms with van der Waals surface area (Å²) in [5, 5.41) is 9.82. The van der Waals surface area contributed by atoms with Crippen molar-refractivity contribution in [2.45, 2.75) is 12.8 Å². The Morgan fingerprint density at radius 1 is 1.32 bits per heavy atom. The summed E-state index contributed by atoms with van der Waals surface area (Å²) >= 11 is 12.0. The molecular formula is C13H13Cl2NO3. The highest BCUT2D eigenvalue weighted by Crippen LogP contribution is 2.26. The van der Waals surface area contributed by atoms with E-state index in [-0.39, 0.29) is 18.9 Å². The summed E-state index contributed by atoms with van der Waals surface area (Å²) in [6, 6.07) is 5.08. The Morgan fingerprint density at radius 2 is 1.95 bits per heavy atom. The first kappa shape index (κ1) is 14.2. The molecule has 0 saturated carbocycles. The molecule has 1 heterocycles. The van der Waals surface area contributed by atoms with Gasteiger partial charge in [-0.1, -0.05) is 29.3 Å². The Labute approximate surface area is 120 Å². The summed E-state index contributed by atoms with van der Waals surface area (Å²) < 4.78 is 0. The predicted molar refractivity (Wildman–Crippen MR) is 72.5 cm³/mol. The van der Waals surface area contributed by atoms with Crippen molar-refractivity contribution in [3.63, 3.8) is 0 Å². The van der Waals surface area contributed by atoms with Crippen molar-refractivity contribution >= 4 is 35.1 Å². The molecule has 0 radical (unpaired) electrons. The third-order valence-electron chi connectivity index (χ3n) is 3.28. The van der Waals surface area contributed by atoms with Crippen LogP contribution in [0.5, 0.6) is 0 Å². The number of halogens is 2. The predicted octanol–water partition coefficient (Wildman–Crippen LogP) is 2.47. The van der Waals surface area contributed by atoms with Gasteiger partial charge in [-0.25, -0.2) is 0 Å². The van der Waals surface area contributed by atoms with Crippen LogP contribution in [-0.2, 0) is 16.0 Å². The van der Waals surface area contributed by atoms with Crippen LogP contribution in [0.15, 0.2) is 18.2 Å². The van der Waals surface area contributed by atoms with Gasteiger partial charge in [-0.15, -0.1) is 0 Å². The number of carboxylic acid groups (broad SMARTS) is 1. The van der Waals surface area contributed by atoms with Gasteiger partial charge in [0.05, 0.1) is 12.3 Å². The summed E-state index contributed by atoms with van der Waals surface area (Å²) in [4.78, 5) is 24.5. The normalized spacial score (nSPS) is 18.6. The van der Waals surface area contributed by atoms with E-state index in [1.807, 2.05) is 0 Å². The van der Waals surface area contributed by atoms with E-state index in [0.29, 0.717) is 28.6 Å². The van der Waals surface area contributed by atoms with Crippen LogP contribution in [0.3, 0.4) is 0 Å². The van der Waals surface area contributed by atoms with Crippen LogP contribution in [0, 0.1) is 5.92 Å². The zero-order chi connectivity index (χ0) is 14.0. The smallest absolute Gasteiger partial charge is 0.308 e. The lowest BCUT2D eigenvalue weighted by molar-refractivity contribution is -0.141. The maximum absolute atomic E-state index is 12.1. The van der Waals surface area contributed by atoms with Gasteiger partial charge in [0.1, 0.15) is 0 Å². The van der Waals surface area contributed by atoms with Crippen LogP contribution in [0.4, 0.5) is 0 Å². The fourth-order valence-electron chi connectivity index (χ4n) is 2.15. The van der Waals surface area contributed by atoms with Crippen molar-refractivity contribution < 1.29 is 14.7 Å². The Kier molecular flexibility index (Phi) is 4.32. The monoisotopic (exact) mass is 301 g/mol. The molecule has 0 bridgehead atoms. The van der Waals surface area contributed by atoms with Crippen molar-refractivity contribution in [2.24, 2.45) is 5.92 Å². The summed E-state index contributed by atoms with van der Waals surface area (Å²) in [6.45, 7) is 0.730. The zero-order valence-corrected chi connectivity index (χ0v) is 11.6. The van der Waals surface area contributed by atoms with Crippen molar-refractivity contribution in [1.29, 1.82) is 0 Å². The van der Waals surface area contributed by atoms with Crippen molar-refractivity contribution in [3.05, 3.63) is 33.8 Å². The first-order valence-corrected chi connectivity index (χ1v) is 6.68. The second-order valence-corrected chi connectivity index (χ2v) is 5.35. The van der Waals surface area contributed by atoms with Crippen LogP contribution in [0.25, 0.3) is 0 Å². The van der Waals surface area contributed by atoms with Gasteiger partial charge in [-0.2, -0.15) is 0 Å². The van der Waals surface area contributed by atoms with E-state index in [1.165, 1.54) is 0 Å². The first-order chi connectivity index (χ1) is 8.99. The molecule has 19 heavy (non-hydrogen) atoms. The van der Waals surface area contributed by atoms with E-state index in [9.17, 15) is 9.59 Å². The van der Waals surface area contributed by atoms with Gasteiger partial charge >= 0.3 is 5.97 Å². The number of aliphatic carboxylic acids is 1. The second-order valence-electron chi connectivity index (χ2n) is 4.54. The molecule has 0 unspecified atom stereocenters. The summed E-state index contributed by atoms with van der Waals surface area (Å²) in [6.07, 6.45) is 0.599. The van der Waals surface area contributed by atoms with E-state index < -0.39 is 11.9 Å². The van der Waals surface area contributed by atoms with Gasteiger partial charge in [-0.3, -0.25) is 9.59 Å². The van der Waals surface area contributed by atoms with Crippen LogP contribution in [0.2, 0.25) is 10.0 Å². The molecule has 0 aromatic heterocycles. The Balaban J connectivity index is 2.04. The zero-order valence-electron chi connectivity index (χ0n) is 10.1. The van der Waals surface area contributed by atoms with Crippen LogP contribution >= 0.6 is 23.2 Å². The molecule has 1 N–H and O–H groups in total. The molecule has 1 atom stereocenters. The average molecular weight is 302 g/mol. The van der Waals surface area contributed by atoms with Crippen LogP contribution in [0.1, 0.15) is 12.0 Å². The molecule has 1 aromatic rings. The number of nitrogens with zero attached hydrogens (tertiary/aromatic N) is 1. The van der Waals surface area contributed by atoms with Crippen LogP contribution < -0.4 is 0 Å². The third-order valence-corrected chi connectivity index (χ3v) is 3.99. The molecule has 1 aromatic carbocycles.